The van der Waals surface area contributed by atoms with Crippen molar-refractivity contribution in [3.05, 3.63) is 18.2 Å². The Bertz CT molecular complexity index is 516. The normalized spacial score (nSPS) is 13.5. The summed E-state index contributed by atoms with van der Waals surface area (Å²) in [4.78, 5) is 22.5. The van der Waals surface area contributed by atoms with Crippen LogP contribution in [0.15, 0.2) is 18.2 Å². The molecule has 1 unspecified atom stereocenters. The molecule has 0 bridgehead atoms. The quantitative estimate of drug-likeness (QED) is 0.790. The van der Waals surface area contributed by atoms with Gasteiger partial charge in [-0.05, 0) is 12.1 Å². The number of carbonyl (C=O) groups excluding carboxylic acids is 2. The maximum absolute atomic E-state index is 11.5. The molecular weight excluding hydrogens is 266 g/mol. The van der Waals surface area contributed by atoms with Crippen LogP contribution < -0.4 is 19.5 Å². The number of benzene rings is 1. The molecule has 0 saturated carbocycles. The zero-order valence-electron chi connectivity index (χ0n) is 11.2. The monoisotopic (exact) mass is 281 g/mol. The zero-order valence-corrected chi connectivity index (χ0v) is 11.2. The van der Waals surface area contributed by atoms with E-state index in [4.69, 9.17) is 14.2 Å². The number of fused-ring (bicyclic) bond motifs is 1. The molecule has 0 saturated heterocycles. The summed E-state index contributed by atoms with van der Waals surface area (Å²) >= 11 is 0. The molecule has 7 nitrogen and oxygen atoms in total. The number of esters is 1. The maximum Gasteiger partial charge on any atom is 0.331 e. The van der Waals surface area contributed by atoms with E-state index in [0.717, 1.165) is 0 Å². The first-order valence-electron chi connectivity index (χ1n) is 5.97. The SMILES string of the molecule is COC(=O)C(COc1ccc2c(c1)OCO2)NC(C)=O. The molecule has 7 heteroatoms. The highest BCUT2D eigenvalue weighted by Crippen LogP contribution is 2.35. The molecule has 1 amide bonds. The molecule has 108 valence electrons. The molecule has 0 fully saturated rings. The van der Waals surface area contributed by atoms with E-state index >= 15 is 0 Å². The molecule has 0 spiro atoms. The van der Waals surface area contributed by atoms with E-state index in [1.807, 2.05) is 0 Å². The molecule has 1 atom stereocenters. The van der Waals surface area contributed by atoms with E-state index in [-0.39, 0.29) is 19.3 Å². The van der Waals surface area contributed by atoms with Crippen molar-refractivity contribution >= 4 is 11.9 Å². The Hall–Kier alpha value is -2.44. The lowest BCUT2D eigenvalue weighted by atomic mass is 10.3. The molecule has 1 aromatic rings. The topological polar surface area (TPSA) is 83.1 Å². The van der Waals surface area contributed by atoms with Crippen LogP contribution in [0, 0.1) is 0 Å². The van der Waals surface area contributed by atoms with Crippen molar-refractivity contribution in [1.82, 2.24) is 5.32 Å². The van der Waals surface area contributed by atoms with E-state index in [0.29, 0.717) is 17.2 Å². The molecule has 1 aliphatic heterocycles. The summed E-state index contributed by atoms with van der Waals surface area (Å²) in [6.07, 6.45) is 0. The van der Waals surface area contributed by atoms with Gasteiger partial charge in [0, 0.05) is 13.0 Å². The fourth-order valence-corrected chi connectivity index (χ4v) is 1.70. The first-order valence-corrected chi connectivity index (χ1v) is 5.97. The molecule has 0 aromatic heterocycles. The third-order valence-electron chi connectivity index (χ3n) is 2.62. The van der Waals surface area contributed by atoms with E-state index < -0.39 is 12.0 Å². The van der Waals surface area contributed by atoms with E-state index in [1.54, 1.807) is 18.2 Å². The highest BCUT2D eigenvalue weighted by Gasteiger charge is 2.21. The van der Waals surface area contributed by atoms with E-state index in [9.17, 15) is 9.59 Å². The number of amides is 1. The van der Waals surface area contributed by atoms with Crippen LogP contribution in [0.25, 0.3) is 0 Å². The molecule has 1 aliphatic rings. The number of ether oxygens (including phenoxy) is 4. The van der Waals surface area contributed by atoms with E-state index in [2.05, 4.69) is 10.1 Å². The van der Waals surface area contributed by atoms with Crippen LogP contribution in [-0.2, 0) is 14.3 Å². The van der Waals surface area contributed by atoms with Gasteiger partial charge >= 0.3 is 5.97 Å². The van der Waals surface area contributed by atoms with Gasteiger partial charge in [0.05, 0.1) is 7.11 Å². The number of hydrogen-bond donors (Lipinski definition) is 1. The minimum absolute atomic E-state index is 0.0358. The Balaban J connectivity index is 1.98. The number of carbonyl (C=O) groups is 2. The van der Waals surface area contributed by atoms with Crippen LogP contribution in [-0.4, -0.2) is 38.4 Å². The van der Waals surface area contributed by atoms with Crippen molar-refractivity contribution < 1.29 is 28.5 Å². The number of methoxy groups -OCH3 is 1. The fourth-order valence-electron chi connectivity index (χ4n) is 1.70. The van der Waals surface area contributed by atoms with Crippen molar-refractivity contribution in [3.8, 4) is 17.2 Å². The number of hydrogen-bond acceptors (Lipinski definition) is 6. The molecular formula is C13H15NO6. The highest BCUT2D eigenvalue weighted by molar-refractivity contribution is 5.83. The summed E-state index contributed by atoms with van der Waals surface area (Å²) in [5.74, 6) is 0.824. The van der Waals surface area contributed by atoms with Crippen LogP contribution in [0.5, 0.6) is 17.2 Å². The van der Waals surface area contributed by atoms with Crippen LogP contribution in [0.1, 0.15) is 6.92 Å². The Morgan fingerprint density at radius 1 is 1.35 bits per heavy atom. The van der Waals surface area contributed by atoms with Gasteiger partial charge in [-0.3, -0.25) is 4.79 Å². The Kier molecular flexibility index (Phi) is 4.29. The van der Waals surface area contributed by atoms with Crippen LogP contribution in [0.4, 0.5) is 0 Å². The summed E-state index contributed by atoms with van der Waals surface area (Å²) in [5, 5.41) is 2.46. The second kappa shape index (κ2) is 6.14. The molecule has 1 N–H and O–H groups in total. The van der Waals surface area contributed by atoms with Gasteiger partial charge in [-0.25, -0.2) is 4.79 Å². The summed E-state index contributed by atoms with van der Waals surface area (Å²) in [7, 11) is 1.25. The number of nitrogens with one attached hydrogen (secondary N) is 1. The standard InChI is InChI=1S/C13H15NO6/c1-8(15)14-10(13(16)17-2)6-18-9-3-4-11-12(5-9)20-7-19-11/h3-5,10H,6-7H2,1-2H3,(H,14,15). The molecule has 1 heterocycles. The van der Waals surface area contributed by atoms with Crippen molar-refractivity contribution in [2.45, 2.75) is 13.0 Å². The zero-order chi connectivity index (χ0) is 14.5. The second-order valence-corrected chi connectivity index (χ2v) is 4.10. The second-order valence-electron chi connectivity index (χ2n) is 4.10. The predicted molar refractivity (Wildman–Crippen MR) is 67.7 cm³/mol. The Morgan fingerprint density at radius 3 is 2.80 bits per heavy atom. The van der Waals surface area contributed by atoms with Gasteiger partial charge < -0.3 is 24.3 Å². The smallest absolute Gasteiger partial charge is 0.331 e. The average Bonchev–Trinajstić information content (AvgIpc) is 2.89. The summed E-state index contributed by atoms with van der Waals surface area (Å²) in [6, 6.07) is 4.20. The van der Waals surface area contributed by atoms with Crippen molar-refractivity contribution in [3.63, 3.8) is 0 Å². The molecule has 2 rings (SSSR count). The minimum atomic E-state index is -0.858. The molecule has 0 radical (unpaired) electrons. The first kappa shape index (κ1) is 14.0. The van der Waals surface area contributed by atoms with Gasteiger partial charge in [-0.1, -0.05) is 0 Å². The average molecular weight is 281 g/mol. The third kappa shape index (κ3) is 3.31. The fraction of sp³-hybridized carbons (Fsp3) is 0.385. The largest absolute Gasteiger partial charge is 0.491 e. The van der Waals surface area contributed by atoms with Gasteiger partial charge in [-0.15, -0.1) is 0 Å². The number of rotatable bonds is 5. The van der Waals surface area contributed by atoms with Gasteiger partial charge in [0.25, 0.3) is 0 Å². The van der Waals surface area contributed by atoms with Gasteiger partial charge in [0.1, 0.15) is 12.4 Å². The van der Waals surface area contributed by atoms with Crippen LogP contribution in [0.2, 0.25) is 0 Å². The summed E-state index contributed by atoms with van der Waals surface area (Å²) in [5.41, 5.74) is 0. The van der Waals surface area contributed by atoms with Gasteiger partial charge in [-0.2, -0.15) is 0 Å². The highest BCUT2D eigenvalue weighted by atomic mass is 16.7. The first-order chi connectivity index (χ1) is 9.60. The van der Waals surface area contributed by atoms with Crippen LogP contribution in [0.3, 0.4) is 0 Å². The van der Waals surface area contributed by atoms with Crippen LogP contribution >= 0.6 is 0 Å². The van der Waals surface area contributed by atoms with E-state index in [1.165, 1.54) is 14.0 Å². The van der Waals surface area contributed by atoms with Gasteiger partial charge in [0.15, 0.2) is 17.5 Å². The Labute approximate surface area is 115 Å². The van der Waals surface area contributed by atoms with Crippen molar-refractivity contribution in [2.24, 2.45) is 0 Å². The molecule has 0 aliphatic carbocycles. The summed E-state index contributed by atoms with van der Waals surface area (Å²) in [6.45, 7) is 1.46. The van der Waals surface area contributed by atoms with Crippen molar-refractivity contribution in [1.29, 1.82) is 0 Å². The molecule has 1 aromatic carbocycles. The van der Waals surface area contributed by atoms with Crippen molar-refractivity contribution in [2.75, 3.05) is 20.5 Å². The predicted octanol–water partition coefficient (Wildman–Crippen LogP) is 0.472. The Morgan fingerprint density at radius 2 is 2.10 bits per heavy atom. The molecule has 20 heavy (non-hydrogen) atoms. The summed E-state index contributed by atoms with van der Waals surface area (Å²) < 4.78 is 20.5. The van der Waals surface area contributed by atoms with Gasteiger partial charge in [0.2, 0.25) is 12.7 Å². The lowest BCUT2D eigenvalue weighted by Gasteiger charge is -2.16. The lowest BCUT2D eigenvalue weighted by molar-refractivity contribution is -0.145. The lowest BCUT2D eigenvalue weighted by Crippen LogP contribution is -2.44. The third-order valence-corrected chi connectivity index (χ3v) is 2.62. The minimum Gasteiger partial charge on any atom is -0.491 e. The maximum atomic E-state index is 11.5.